The number of aryl methyl sites for hydroxylation is 1. The highest BCUT2D eigenvalue weighted by molar-refractivity contribution is 5.82. The van der Waals surface area contributed by atoms with Gasteiger partial charge in [-0.1, -0.05) is 6.07 Å². The van der Waals surface area contributed by atoms with Crippen LogP contribution >= 0.6 is 0 Å². The van der Waals surface area contributed by atoms with E-state index in [9.17, 15) is 9.59 Å². The lowest BCUT2D eigenvalue weighted by atomic mass is 10.2. The molecule has 3 N–H and O–H groups in total. The van der Waals surface area contributed by atoms with E-state index in [4.69, 9.17) is 5.11 Å². The quantitative estimate of drug-likeness (QED) is 0.717. The molecule has 1 atom stereocenters. The largest absolute Gasteiger partial charge is 0.480 e. The molecular weight excluding hydrogens is 222 g/mol. The fraction of sp³-hybridized carbons (Fsp3) is 0.364. The summed E-state index contributed by atoms with van der Waals surface area (Å²) in [5, 5.41) is 13.4. The van der Waals surface area contributed by atoms with Crippen LogP contribution in [0.4, 0.5) is 4.79 Å². The molecule has 6 nitrogen and oxygen atoms in total. The molecule has 0 bridgehead atoms. The maximum Gasteiger partial charge on any atom is 0.325 e. The first-order valence-electron chi connectivity index (χ1n) is 5.18. The molecule has 0 aromatic carbocycles. The molecule has 0 fully saturated rings. The summed E-state index contributed by atoms with van der Waals surface area (Å²) < 4.78 is 0. The second kappa shape index (κ2) is 5.83. The summed E-state index contributed by atoms with van der Waals surface area (Å²) in [5.74, 6) is -1.07. The number of amides is 2. The Balaban J connectivity index is 2.44. The number of carbonyl (C=O) groups is 2. The Kier molecular flexibility index (Phi) is 4.45. The first kappa shape index (κ1) is 13.0. The Morgan fingerprint density at radius 1 is 1.53 bits per heavy atom. The van der Waals surface area contributed by atoms with E-state index in [1.54, 1.807) is 6.20 Å². The maximum atomic E-state index is 11.3. The number of nitrogens with one attached hydrogen (secondary N) is 2. The van der Waals surface area contributed by atoms with Gasteiger partial charge in [-0.05, 0) is 25.5 Å². The average molecular weight is 237 g/mol. The summed E-state index contributed by atoms with van der Waals surface area (Å²) >= 11 is 0. The van der Waals surface area contributed by atoms with Gasteiger partial charge in [0.2, 0.25) is 0 Å². The van der Waals surface area contributed by atoms with Crippen LogP contribution in [0.5, 0.6) is 0 Å². The van der Waals surface area contributed by atoms with E-state index in [0.29, 0.717) is 0 Å². The van der Waals surface area contributed by atoms with Crippen molar-refractivity contribution in [3.63, 3.8) is 0 Å². The van der Waals surface area contributed by atoms with Gasteiger partial charge in [-0.2, -0.15) is 0 Å². The van der Waals surface area contributed by atoms with Gasteiger partial charge in [0.15, 0.2) is 0 Å². The molecule has 1 unspecified atom stereocenters. The van der Waals surface area contributed by atoms with Crippen molar-refractivity contribution < 1.29 is 14.7 Å². The van der Waals surface area contributed by atoms with Crippen LogP contribution in [0.15, 0.2) is 18.3 Å². The van der Waals surface area contributed by atoms with Gasteiger partial charge >= 0.3 is 12.0 Å². The minimum absolute atomic E-state index is 0.269. The highest BCUT2D eigenvalue weighted by Gasteiger charge is 2.13. The van der Waals surface area contributed by atoms with Crippen LogP contribution < -0.4 is 10.6 Å². The number of carbonyl (C=O) groups excluding carboxylic acids is 1. The molecule has 0 aliphatic heterocycles. The number of hydrogen-bond donors (Lipinski definition) is 3. The summed E-state index contributed by atoms with van der Waals surface area (Å²) in [6.07, 6.45) is 1.64. The van der Waals surface area contributed by atoms with Gasteiger partial charge in [0.1, 0.15) is 6.04 Å². The number of urea groups is 1. The zero-order chi connectivity index (χ0) is 12.8. The predicted octanol–water partition coefficient (Wildman–Crippen LogP) is 0.662. The second-order valence-corrected chi connectivity index (χ2v) is 3.65. The molecule has 2 amide bonds. The van der Waals surface area contributed by atoms with Gasteiger partial charge in [-0.25, -0.2) is 4.79 Å². The molecule has 92 valence electrons. The van der Waals surface area contributed by atoms with Crippen LogP contribution in [0.25, 0.3) is 0 Å². The third kappa shape index (κ3) is 4.10. The molecule has 1 heterocycles. The monoisotopic (exact) mass is 237 g/mol. The number of pyridine rings is 1. The van der Waals surface area contributed by atoms with Gasteiger partial charge in [-0.15, -0.1) is 0 Å². The fourth-order valence-electron chi connectivity index (χ4n) is 1.18. The van der Waals surface area contributed by atoms with Crippen molar-refractivity contribution in [3.8, 4) is 0 Å². The normalized spacial score (nSPS) is 11.6. The molecule has 0 aliphatic carbocycles. The van der Waals surface area contributed by atoms with Crippen LogP contribution in [-0.2, 0) is 11.3 Å². The minimum Gasteiger partial charge on any atom is -0.480 e. The fourth-order valence-corrected chi connectivity index (χ4v) is 1.18. The number of nitrogens with zero attached hydrogens (tertiary/aromatic N) is 1. The van der Waals surface area contributed by atoms with Crippen LogP contribution in [0.3, 0.4) is 0 Å². The van der Waals surface area contributed by atoms with E-state index in [1.807, 2.05) is 19.1 Å². The van der Waals surface area contributed by atoms with Crippen molar-refractivity contribution in [1.82, 2.24) is 15.6 Å². The predicted molar refractivity (Wildman–Crippen MR) is 61.4 cm³/mol. The summed E-state index contributed by atoms with van der Waals surface area (Å²) in [6, 6.07) is 2.26. The van der Waals surface area contributed by atoms with E-state index < -0.39 is 18.0 Å². The summed E-state index contributed by atoms with van der Waals surface area (Å²) in [6.45, 7) is 3.56. The molecule has 1 aromatic heterocycles. The second-order valence-electron chi connectivity index (χ2n) is 3.65. The summed E-state index contributed by atoms with van der Waals surface area (Å²) in [5.41, 5.74) is 1.73. The first-order chi connectivity index (χ1) is 8.00. The molecule has 0 aliphatic rings. The molecule has 0 saturated carbocycles. The van der Waals surface area contributed by atoms with E-state index in [1.165, 1.54) is 6.92 Å². The number of aliphatic carboxylic acids is 1. The smallest absolute Gasteiger partial charge is 0.325 e. The Morgan fingerprint density at radius 3 is 2.82 bits per heavy atom. The standard InChI is InChI=1S/C11H15N3O3/c1-7-4-3-5-12-9(7)6-13-11(17)14-8(2)10(15)16/h3-5,8H,6H2,1-2H3,(H,15,16)(H2,13,14,17). The van der Waals surface area contributed by atoms with Gasteiger partial charge in [0.05, 0.1) is 12.2 Å². The highest BCUT2D eigenvalue weighted by atomic mass is 16.4. The van der Waals surface area contributed by atoms with Crippen LogP contribution in [0.1, 0.15) is 18.2 Å². The summed E-state index contributed by atoms with van der Waals surface area (Å²) in [7, 11) is 0. The molecule has 1 rings (SSSR count). The number of carboxylic acid groups (broad SMARTS) is 1. The molecule has 0 radical (unpaired) electrons. The van der Waals surface area contributed by atoms with Crippen molar-refractivity contribution in [2.24, 2.45) is 0 Å². The zero-order valence-corrected chi connectivity index (χ0v) is 9.73. The lowest BCUT2D eigenvalue weighted by Crippen LogP contribution is -2.44. The lowest BCUT2D eigenvalue weighted by molar-refractivity contribution is -0.138. The molecule has 0 saturated heterocycles. The van der Waals surface area contributed by atoms with Gasteiger partial charge < -0.3 is 15.7 Å². The average Bonchev–Trinajstić information content (AvgIpc) is 2.27. The van der Waals surface area contributed by atoms with E-state index in [-0.39, 0.29) is 6.54 Å². The first-order valence-corrected chi connectivity index (χ1v) is 5.18. The Labute approximate surface area is 99.1 Å². The Bertz CT molecular complexity index is 420. The molecule has 0 spiro atoms. The number of rotatable bonds is 4. The topological polar surface area (TPSA) is 91.3 Å². The van der Waals surface area contributed by atoms with Crippen molar-refractivity contribution >= 4 is 12.0 Å². The number of hydrogen-bond acceptors (Lipinski definition) is 3. The van der Waals surface area contributed by atoms with Crippen LogP contribution in [-0.4, -0.2) is 28.1 Å². The van der Waals surface area contributed by atoms with Crippen molar-refractivity contribution in [2.45, 2.75) is 26.4 Å². The molecule has 1 aromatic rings. The third-order valence-electron chi connectivity index (χ3n) is 2.25. The van der Waals surface area contributed by atoms with Crippen molar-refractivity contribution in [2.75, 3.05) is 0 Å². The van der Waals surface area contributed by atoms with Crippen LogP contribution in [0, 0.1) is 6.92 Å². The highest BCUT2D eigenvalue weighted by Crippen LogP contribution is 2.01. The van der Waals surface area contributed by atoms with Crippen molar-refractivity contribution in [1.29, 1.82) is 0 Å². The minimum atomic E-state index is -1.07. The van der Waals surface area contributed by atoms with E-state index in [0.717, 1.165) is 11.3 Å². The van der Waals surface area contributed by atoms with Gasteiger partial charge in [0, 0.05) is 6.20 Å². The number of carboxylic acids is 1. The van der Waals surface area contributed by atoms with Crippen LogP contribution in [0.2, 0.25) is 0 Å². The molecule has 17 heavy (non-hydrogen) atoms. The Morgan fingerprint density at radius 2 is 2.24 bits per heavy atom. The third-order valence-corrected chi connectivity index (χ3v) is 2.25. The zero-order valence-electron chi connectivity index (χ0n) is 9.73. The number of aromatic nitrogens is 1. The maximum absolute atomic E-state index is 11.3. The van der Waals surface area contributed by atoms with Crippen molar-refractivity contribution in [3.05, 3.63) is 29.6 Å². The molecule has 6 heteroatoms. The van der Waals surface area contributed by atoms with E-state index >= 15 is 0 Å². The SMILES string of the molecule is Cc1cccnc1CNC(=O)NC(C)C(=O)O. The molecular formula is C11H15N3O3. The van der Waals surface area contributed by atoms with E-state index in [2.05, 4.69) is 15.6 Å². The van der Waals surface area contributed by atoms with Gasteiger partial charge in [0.25, 0.3) is 0 Å². The van der Waals surface area contributed by atoms with Gasteiger partial charge in [-0.3, -0.25) is 9.78 Å². The Hall–Kier alpha value is -2.11. The summed E-state index contributed by atoms with van der Waals surface area (Å²) in [4.78, 5) is 25.9. The lowest BCUT2D eigenvalue weighted by Gasteiger charge is -2.11.